The van der Waals surface area contributed by atoms with Crippen molar-refractivity contribution in [3.8, 4) is 11.5 Å². The van der Waals surface area contributed by atoms with E-state index in [0.717, 1.165) is 16.0 Å². The second-order valence-corrected chi connectivity index (χ2v) is 7.80. The highest BCUT2D eigenvalue weighted by Crippen LogP contribution is 2.33. The number of thioether (sulfide) groups is 1. The Morgan fingerprint density at radius 3 is 2.53 bits per heavy atom. The molecule has 1 atom stereocenters. The van der Waals surface area contributed by atoms with Gasteiger partial charge in [-0.1, -0.05) is 17.3 Å². The number of rotatable bonds is 8. The molecule has 3 rings (SSSR count). The SMILES string of the molecule is COc1cc(C)c([C@H](C)NC(=O)c2ccccc2SCc2nc(C)no2)cc1OC. The first kappa shape index (κ1) is 21.7. The number of amides is 1. The van der Waals surface area contributed by atoms with Crippen LogP contribution in [0.15, 0.2) is 45.8 Å². The summed E-state index contributed by atoms with van der Waals surface area (Å²) in [6.45, 7) is 5.70. The number of ether oxygens (including phenoxy) is 2. The van der Waals surface area contributed by atoms with Crippen molar-refractivity contribution in [2.24, 2.45) is 0 Å². The molecular formula is C22H25N3O4S. The maximum Gasteiger partial charge on any atom is 0.252 e. The number of nitrogens with one attached hydrogen (secondary N) is 1. The minimum Gasteiger partial charge on any atom is -0.493 e. The van der Waals surface area contributed by atoms with Crippen LogP contribution in [-0.2, 0) is 5.75 Å². The van der Waals surface area contributed by atoms with Gasteiger partial charge in [-0.15, -0.1) is 11.8 Å². The highest BCUT2D eigenvalue weighted by atomic mass is 32.2. The molecule has 1 N–H and O–H groups in total. The molecule has 0 saturated heterocycles. The van der Waals surface area contributed by atoms with Crippen molar-refractivity contribution < 1.29 is 18.8 Å². The largest absolute Gasteiger partial charge is 0.493 e. The predicted molar refractivity (Wildman–Crippen MR) is 115 cm³/mol. The van der Waals surface area contributed by atoms with Crippen LogP contribution in [0.25, 0.3) is 0 Å². The summed E-state index contributed by atoms with van der Waals surface area (Å²) in [5.74, 6) is 2.76. The maximum atomic E-state index is 13.0. The third-order valence-corrected chi connectivity index (χ3v) is 5.70. The number of aryl methyl sites for hydroxylation is 2. The highest BCUT2D eigenvalue weighted by molar-refractivity contribution is 7.98. The molecule has 0 saturated carbocycles. The molecule has 0 fully saturated rings. The van der Waals surface area contributed by atoms with Gasteiger partial charge in [0.25, 0.3) is 5.91 Å². The van der Waals surface area contributed by atoms with Crippen LogP contribution >= 0.6 is 11.8 Å². The summed E-state index contributed by atoms with van der Waals surface area (Å²) in [7, 11) is 3.20. The fourth-order valence-corrected chi connectivity index (χ4v) is 4.02. The van der Waals surface area contributed by atoms with Gasteiger partial charge in [0.1, 0.15) is 0 Å². The van der Waals surface area contributed by atoms with Crippen LogP contribution in [0.5, 0.6) is 11.5 Å². The van der Waals surface area contributed by atoms with Crippen LogP contribution in [0.1, 0.15) is 46.2 Å². The molecule has 0 unspecified atom stereocenters. The zero-order valence-corrected chi connectivity index (χ0v) is 18.5. The third-order valence-electron chi connectivity index (χ3n) is 4.64. The maximum absolute atomic E-state index is 13.0. The number of benzene rings is 2. The van der Waals surface area contributed by atoms with Crippen molar-refractivity contribution in [3.63, 3.8) is 0 Å². The summed E-state index contributed by atoms with van der Waals surface area (Å²) in [6, 6.07) is 11.1. The molecule has 158 valence electrons. The van der Waals surface area contributed by atoms with E-state index in [9.17, 15) is 4.79 Å². The van der Waals surface area contributed by atoms with Crippen molar-refractivity contribution >= 4 is 17.7 Å². The van der Waals surface area contributed by atoms with E-state index in [1.807, 2.05) is 50.2 Å². The van der Waals surface area contributed by atoms with Crippen LogP contribution < -0.4 is 14.8 Å². The highest BCUT2D eigenvalue weighted by Gasteiger charge is 2.19. The predicted octanol–water partition coefficient (Wildman–Crippen LogP) is 4.49. The van der Waals surface area contributed by atoms with E-state index in [-0.39, 0.29) is 11.9 Å². The molecule has 3 aromatic rings. The van der Waals surface area contributed by atoms with Crippen LogP contribution in [0.2, 0.25) is 0 Å². The average molecular weight is 428 g/mol. The van der Waals surface area contributed by atoms with Gasteiger partial charge in [0.15, 0.2) is 17.3 Å². The molecule has 0 aliphatic rings. The Morgan fingerprint density at radius 1 is 1.17 bits per heavy atom. The fourth-order valence-electron chi connectivity index (χ4n) is 3.13. The first-order chi connectivity index (χ1) is 14.4. The van der Waals surface area contributed by atoms with Crippen molar-refractivity contribution in [1.82, 2.24) is 15.5 Å². The molecule has 0 bridgehead atoms. The molecule has 0 aliphatic heterocycles. The number of carbonyl (C=O) groups is 1. The molecule has 8 heteroatoms. The zero-order chi connectivity index (χ0) is 21.7. The molecular weight excluding hydrogens is 402 g/mol. The summed E-state index contributed by atoms with van der Waals surface area (Å²) in [5, 5.41) is 6.88. The number of hydrogen-bond donors (Lipinski definition) is 1. The molecule has 0 radical (unpaired) electrons. The smallest absolute Gasteiger partial charge is 0.252 e. The lowest BCUT2D eigenvalue weighted by molar-refractivity contribution is 0.0937. The second kappa shape index (κ2) is 9.67. The van der Waals surface area contributed by atoms with Gasteiger partial charge in [-0.05, 0) is 56.2 Å². The van der Waals surface area contributed by atoms with Gasteiger partial charge < -0.3 is 19.3 Å². The normalized spacial score (nSPS) is 11.8. The molecule has 30 heavy (non-hydrogen) atoms. The van der Waals surface area contributed by atoms with Gasteiger partial charge >= 0.3 is 0 Å². The van der Waals surface area contributed by atoms with Crippen LogP contribution in [0.4, 0.5) is 0 Å². The molecule has 0 spiro atoms. The molecule has 1 aromatic heterocycles. The summed E-state index contributed by atoms with van der Waals surface area (Å²) >= 11 is 1.49. The van der Waals surface area contributed by atoms with Crippen LogP contribution in [-0.4, -0.2) is 30.3 Å². The van der Waals surface area contributed by atoms with Crippen molar-refractivity contribution in [3.05, 3.63) is 64.8 Å². The Balaban J connectivity index is 1.76. The summed E-state index contributed by atoms with van der Waals surface area (Å²) in [6.07, 6.45) is 0. The zero-order valence-electron chi connectivity index (χ0n) is 17.7. The van der Waals surface area contributed by atoms with Crippen molar-refractivity contribution in [2.45, 2.75) is 37.5 Å². The Kier molecular flexibility index (Phi) is 6.99. The minimum absolute atomic E-state index is 0.151. The monoisotopic (exact) mass is 427 g/mol. The number of methoxy groups -OCH3 is 2. The van der Waals surface area contributed by atoms with Gasteiger partial charge in [-0.3, -0.25) is 4.79 Å². The Hall–Kier alpha value is -3.00. The first-order valence-corrected chi connectivity index (χ1v) is 10.5. The second-order valence-electron chi connectivity index (χ2n) is 6.78. The molecule has 1 heterocycles. The fraction of sp³-hybridized carbons (Fsp3) is 0.318. The Bertz CT molecular complexity index is 1030. The molecule has 2 aromatic carbocycles. The number of carbonyl (C=O) groups excluding carboxylic acids is 1. The lowest BCUT2D eigenvalue weighted by Crippen LogP contribution is -2.27. The standard InChI is InChI=1S/C22H25N3O4S/c1-13-10-18(27-4)19(28-5)11-17(13)14(2)23-22(26)16-8-6-7-9-20(16)30-12-21-24-15(3)25-29-21/h6-11,14H,12H2,1-5H3,(H,23,26)/t14-/m0/s1. The van der Waals surface area contributed by atoms with Crippen LogP contribution in [0, 0.1) is 13.8 Å². The third kappa shape index (κ3) is 4.94. The number of nitrogens with zero attached hydrogens (tertiary/aromatic N) is 2. The van der Waals surface area contributed by atoms with E-state index < -0.39 is 0 Å². The van der Waals surface area contributed by atoms with E-state index in [4.69, 9.17) is 14.0 Å². The van der Waals surface area contributed by atoms with E-state index in [0.29, 0.717) is 34.5 Å². The van der Waals surface area contributed by atoms with E-state index in [1.165, 1.54) is 11.8 Å². The van der Waals surface area contributed by atoms with Crippen LogP contribution in [0.3, 0.4) is 0 Å². The van der Waals surface area contributed by atoms with Gasteiger partial charge in [-0.25, -0.2) is 0 Å². The van der Waals surface area contributed by atoms with Crippen molar-refractivity contribution in [1.29, 1.82) is 0 Å². The minimum atomic E-state index is -0.214. The van der Waals surface area contributed by atoms with E-state index in [2.05, 4.69) is 15.5 Å². The number of aromatic nitrogens is 2. The lowest BCUT2D eigenvalue weighted by Gasteiger charge is -2.20. The summed E-state index contributed by atoms with van der Waals surface area (Å²) < 4.78 is 15.9. The van der Waals surface area contributed by atoms with Gasteiger partial charge in [0.05, 0.1) is 31.6 Å². The molecule has 7 nitrogen and oxygen atoms in total. The van der Waals surface area contributed by atoms with Crippen molar-refractivity contribution in [2.75, 3.05) is 14.2 Å². The van der Waals surface area contributed by atoms with E-state index in [1.54, 1.807) is 21.1 Å². The first-order valence-electron chi connectivity index (χ1n) is 9.47. The van der Waals surface area contributed by atoms with E-state index >= 15 is 0 Å². The Labute approximate surface area is 180 Å². The quantitative estimate of drug-likeness (QED) is 0.530. The average Bonchev–Trinajstić information content (AvgIpc) is 3.17. The number of hydrogen-bond acceptors (Lipinski definition) is 7. The summed E-state index contributed by atoms with van der Waals surface area (Å²) in [5.41, 5.74) is 2.58. The summed E-state index contributed by atoms with van der Waals surface area (Å²) in [4.78, 5) is 18.1. The lowest BCUT2D eigenvalue weighted by atomic mass is 10.0. The topological polar surface area (TPSA) is 86.5 Å². The Morgan fingerprint density at radius 2 is 1.87 bits per heavy atom. The molecule has 1 amide bonds. The molecule has 0 aliphatic carbocycles. The van der Waals surface area contributed by atoms with Gasteiger partial charge in [-0.2, -0.15) is 4.98 Å². The van der Waals surface area contributed by atoms with Gasteiger partial charge in [0, 0.05) is 4.90 Å². The van der Waals surface area contributed by atoms with Gasteiger partial charge in [0.2, 0.25) is 5.89 Å².